The highest BCUT2D eigenvalue weighted by Crippen LogP contribution is 2.18. The number of carbonyl (C=O) groups excluding carboxylic acids is 1. The number of rotatable bonds is 5. The van der Waals surface area contributed by atoms with Crippen LogP contribution in [0.15, 0.2) is 0 Å². The van der Waals surface area contributed by atoms with E-state index in [1.807, 2.05) is 0 Å². The van der Waals surface area contributed by atoms with Gasteiger partial charge in [0.05, 0.1) is 19.1 Å². The lowest BCUT2D eigenvalue weighted by molar-refractivity contribution is -0.148. The van der Waals surface area contributed by atoms with Crippen molar-refractivity contribution in [2.24, 2.45) is 0 Å². The number of amides is 1. The summed E-state index contributed by atoms with van der Waals surface area (Å²) in [5.74, 6) is -0.996. The van der Waals surface area contributed by atoms with E-state index in [1.54, 1.807) is 0 Å². The summed E-state index contributed by atoms with van der Waals surface area (Å²) in [6.07, 6.45) is 3.83. The molecule has 108 valence electrons. The van der Waals surface area contributed by atoms with Crippen LogP contribution in [0.3, 0.4) is 0 Å². The Morgan fingerprint density at radius 2 is 2.00 bits per heavy atom. The van der Waals surface area contributed by atoms with E-state index in [9.17, 15) is 9.59 Å². The summed E-state index contributed by atoms with van der Waals surface area (Å²) >= 11 is 0. The van der Waals surface area contributed by atoms with E-state index in [0.717, 1.165) is 32.4 Å². The maximum atomic E-state index is 12.0. The number of carboxylic acid groups (broad SMARTS) is 1. The molecular weight excluding hydrogens is 248 g/mol. The Morgan fingerprint density at radius 1 is 1.26 bits per heavy atom. The first-order chi connectivity index (χ1) is 9.18. The molecule has 1 atom stereocenters. The Hall–Kier alpha value is -1.14. The van der Waals surface area contributed by atoms with E-state index < -0.39 is 12.0 Å². The van der Waals surface area contributed by atoms with Gasteiger partial charge < -0.3 is 20.1 Å². The van der Waals surface area contributed by atoms with Crippen molar-refractivity contribution in [1.29, 1.82) is 0 Å². The van der Waals surface area contributed by atoms with Crippen LogP contribution in [0.2, 0.25) is 0 Å². The molecule has 0 bridgehead atoms. The molecule has 1 amide bonds. The first kappa shape index (κ1) is 14.3. The normalized spacial score (nSPS) is 24.6. The van der Waals surface area contributed by atoms with Crippen LogP contribution in [0.1, 0.15) is 32.1 Å². The van der Waals surface area contributed by atoms with Gasteiger partial charge in [-0.15, -0.1) is 0 Å². The van der Waals surface area contributed by atoms with E-state index in [4.69, 9.17) is 9.84 Å². The molecule has 0 radical (unpaired) electrons. The van der Waals surface area contributed by atoms with Crippen molar-refractivity contribution >= 4 is 11.9 Å². The minimum atomic E-state index is -0.898. The average molecular weight is 270 g/mol. The summed E-state index contributed by atoms with van der Waals surface area (Å²) in [6, 6.07) is -0.633. The number of hydrogen-bond acceptors (Lipinski definition) is 4. The van der Waals surface area contributed by atoms with Crippen molar-refractivity contribution in [3.8, 4) is 0 Å². The fraction of sp³-hybridized carbons (Fsp3) is 0.846. The van der Waals surface area contributed by atoms with Crippen LogP contribution in [0, 0.1) is 0 Å². The third-order valence-electron chi connectivity index (χ3n) is 3.81. The van der Waals surface area contributed by atoms with Crippen molar-refractivity contribution in [3.05, 3.63) is 0 Å². The number of nitrogens with zero attached hydrogens (tertiary/aromatic N) is 1. The zero-order chi connectivity index (χ0) is 13.7. The summed E-state index contributed by atoms with van der Waals surface area (Å²) in [6.45, 7) is 2.88. The van der Waals surface area contributed by atoms with Gasteiger partial charge in [0.1, 0.15) is 6.04 Å². The van der Waals surface area contributed by atoms with Gasteiger partial charge in [-0.25, -0.2) is 4.79 Å². The number of piperidine rings is 1. The summed E-state index contributed by atoms with van der Waals surface area (Å²) in [5, 5.41) is 12.3. The molecule has 0 aliphatic carbocycles. The van der Waals surface area contributed by atoms with Gasteiger partial charge in [0.25, 0.3) is 0 Å². The van der Waals surface area contributed by atoms with Crippen molar-refractivity contribution in [3.63, 3.8) is 0 Å². The predicted octanol–water partition coefficient (Wildman–Crippen LogP) is 0.221. The lowest BCUT2D eigenvalue weighted by Crippen LogP contribution is -2.41. The second-order valence-electron chi connectivity index (χ2n) is 5.15. The van der Waals surface area contributed by atoms with Crippen molar-refractivity contribution < 1.29 is 19.4 Å². The number of likely N-dealkylation sites (tertiary alicyclic amines) is 1. The molecule has 19 heavy (non-hydrogen) atoms. The summed E-state index contributed by atoms with van der Waals surface area (Å²) in [4.78, 5) is 24.5. The standard InChI is InChI=1S/C13H22N2O4/c16-12(15-8-1-2-11(15)13(17)18)5-9-19-10-3-6-14-7-4-10/h10-11,14H,1-9H2,(H,17,18)/t11-/m1/s1. The molecule has 2 heterocycles. The van der Waals surface area contributed by atoms with Gasteiger partial charge in [-0.05, 0) is 38.8 Å². The summed E-state index contributed by atoms with van der Waals surface area (Å²) in [5.41, 5.74) is 0. The Morgan fingerprint density at radius 3 is 2.68 bits per heavy atom. The number of aliphatic carboxylic acids is 1. The van der Waals surface area contributed by atoms with E-state index in [1.165, 1.54) is 4.90 Å². The quantitative estimate of drug-likeness (QED) is 0.747. The zero-order valence-electron chi connectivity index (χ0n) is 11.1. The monoisotopic (exact) mass is 270 g/mol. The van der Waals surface area contributed by atoms with Crippen LogP contribution in [-0.2, 0) is 14.3 Å². The van der Waals surface area contributed by atoms with E-state index in [2.05, 4.69) is 5.32 Å². The fourth-order valence-corrected chi connectivity index (χ4v) is 2.74. The number of nitrogens with one attached hydrogen (secondary N) is 1. The molecule has 0 aromatic heterocycles. The number of hydrogen-bond donors (Lipinski definition) is 2. The minimum absolute atomic E-state index is 0.0983. The van der Waals surface area contributed by atoms with Crippen LogP contribution >= 0.6 is 0 Å². The van der Waals surface area contributed by atoms with Gasteiger partial charge in [-0.3, -0.25) is 4.79 Å². The van der Waals surface area contributed by atoms with Crippen LogP contribution in [0.25, 0.3) is 0 Å². The van der Waals surface area contributed by atoms with Gasteiger partial charge in [0, 0.05) is 6.54 Å². The second-order valence-corrected chi connectivity index (χ2v) is 5.15. The third kappa shape index (κ3) is 3.91. The first-order valence-corrected chi connectivity index (χ1v) is 7.03. The molecule has 2 rings (SSSR count). The Kier molecular flexibility index (Phi) is 5.15. The van der Waals surface area contributed by atoms with Crippen LogP contribution in [0.4, 0.5) is 0 Å². The molecule has 2 fully saturated rings. The van der Waals surface area contributed by atoms with Crippen LogP contribution in [0.5, 0.6) is 0 Å². The van der Waals surface area contributed by atoms with E-state index in [0.29, 0.717) is 19.6 Å². The fourth-order valence-electron chi connectivity index (χ4n) is 2.74. The maximum absolute atomic E-state index is 12.0. The highest BCUT2D eigenvalue weighted by Gasteiger charge is 2.33. The third-order valence-corrected chi connectivity index (χ3v) is 3.81. The maximum Gasteiger partial charge on any atom is 0.326 e. The second kappa shape index (κ2) is 6.86. The molecule has 0 unspecified atom stereocenters. The summed E-state index contributed by atoms with van der Waals surface area (Å²) < 4.78 is 5.67. The number of carboxylic acids is 1. The molecule has 0 aromatic rings. The Labute approximate surface area is 113 Å². The molecule has 0 spiro atoms. The highest BCUT2D eigenvalue weighted by molar-refractivity contribution is 5.84. The van der Waals surface area contributed by atoms with Gasteiger partial charge >= 0.3 is 5.97 Å². The molecule has 2 N–H and O–H groups in total. The van der Waals surface area contributed by atoms with Crippen LogP contribution < -0.4 is 5.32 Å². The van der Waals surface area contributed by atoms with Crippen LogP contribution in [-0.4, -0.2) is 60.3 Å². The summed E-state index contributed by atoms with van der Waals surface area (Å²) in [7, 11) is 0. The molecule has 2 saturated heterocycles. The van der Waals surface area contributed by atoms with Crippen molar-refractivity contribution in [2.75, 3.05) is 26.2 Å². The molecule has 2 aliphatic heterocycles. The largest absolute Gasteiger partial charge is 0.480 e. The van der Waals surface area contributed by atoms with Gasteiger partial charge in [-0.2, -0.15) is 0 Å². The van der Waals surface area contributed by atoms with E-state index in [-0.39, 0.29) is 18.4 Å². The Bertz CT molecular complexity index is 329. The van der Waals surface area contributed by atoms with Crippen molar-refractivity contribution in [1.82, 2.24) is 10.2 Å². The highest BCUT2D eigenvalue weighted by atomic mass is 16.5. The van der Waals surface area contributed by atoms with Gasteiger partial charge in [-0.1, -0.05) is 0 Å². The number of ether oxygens (including phenoxy) is 1. The lowest BCUT2D eigenvalue weighted by atomic mass is 10.1. The molecule has 6 nitrogen and oxygen atoms in total. The minimum Gasteiger partial charge on any atom is -0.480 e. The average Bonchev–Trinajstić information content (AvgIpc) is 2.89. The zero-order valence-corrected chi connectivity index (χ0v) is 11.1. The predicted molar refractivity (Wildman–Crippen MR) is 68.8 cm³/mol. The smallest absolute Gasteiger partial charge is 0.326 e. The molecule has 6 heteroatoms. The van der Waals surface area contributed by atoms with Gasteiger partial charge in [0.15, 0.2) is 0 Å². The lowest BCUT2D eigenvalue weighted by Gasteiger charge is -2.24. The SMILES string of the molecule is O=C(O)[C@H]1CCCN1C(=O)CCOC1CCNCC1. The molecule has 0 aromatic carbocycles. The van der Waals surface area contributed by atoms with Gasteiger partial charge in [0.2, 0.25) is 5.91 Å². The Balaban J connectivity index is 1.70. The van der Waals surface area contributed by atoms with E-state index >= 15 is 0 Å². The molecule has 0 saturated carbocycles. The molecule has 2 aliphatic rings. The molecular formula is C13H22N2O4. The van der Waals surface area contributed by atoms with Crippen molar-refractivity contribution in [2.45, 2.75) is 44.2 Å². The topological polar surface area (TPSA) is 78.9 Å². The number of carbonyl (C=O) groups is 2. The first-order valence-electron chi connectivity index (χ1n) is 7.03.